The lowest BCUT2D eigenvalue weighted by molar-refractivity contribution is -0.138. The van der Waals surface area contributed by atoms with E-state index in [1.165, 1.54) is 6.07 Å². The van der Waals surface area contributed by atoms with Crippen LogP contribution in [0.25, 0.3) is 0 Å². The van der Waals surface area contributed by atoms with Crippen LogP contribution in [0, 0.1) is 5.82 Å². The first kappa shape index (κ1) is 13.5. The number of halogens is 5. The van der Waals surface area contributed by atoms with E-state index >= 15 is 0 Å². The Bertz CT molecular complexity index is 362. The molecule has 1 aromatic carbocycles. The Labute approximate surface area is 99.8 Å². The van der Waals surface area contributed by atoms with Crippen molar-refractivity contribution in [3.63, 3.8) is 0 Å². The lowest BCUT2D eigenvalue weighted by atomic mass is 9.86. The molecule has 1 rings (SSSR count). The van der Waals surface area contributed by atoms with Gasteiger partial charge in [0.15, 0.2) is 0 Å². The summed E-state index contributed by atoms with van der Waals surface area (Å²) in [5.41, 5.74) is -1.26. The van der Waals surface area contributed by atoms with Gasteiger partial charge in [0.2, 0.25) is 0 Å². The minimum atomic E-state index is -4.55. The van der Waals surface area contributed by atoms with Crippen molar-refractivity contribution in [1.82, 2.24) is 0 Å². The molecule has 0 saturated carbocycles. The second kappa shape index (κ2) is 4.02. The first-order valence-corrected chi connectivity index (χ1v) is 5.39. The number of benzene rings is 1. The van der Waals surface area contributed by atoms with Gasteiger partial charge < -0.3 is 0 Å². The zero-order valence-corrected chi connectivity index (χ0v) is 10.6. The normalized spacial score (nSPS) is 13.0. The summed E-state index contributed by atoms with van der Waals surface area (Å²) >= 11 is 2.82. The summed E-state index contributed by atoms with van der Waals surface area (Å²) < 4.78 is 50.8. The minimum absolute atomic E-state index is 0.133. The fourth-order valence-corrected chi connectivity index (χ4v) is 1.91. The maximum atomic E-state index is 13.5. The van der Waals surface area contributed by atoms with Crippen LogP contribution in [0.15, 0.2) is 16.6 Å². The van der Waals surface area contributed by atoms with Crippen LogP contribution in [0.2, 0.25) is 0 Å². The summed E-state index contributed by atoms with van der Waals surface area (Å²) in [6.45, 7) is 5.22. The maximum Gasteiger partial charge on any atom is 0.417 e. The van der Waals surface area contributed by atoms with Gasteiger partial charge in [0, 0.05) is 4.47 Å². The van der Waals surface area contributed by atoms with Crippen LogP contribution in [0.1, 0.15) is 31.9 Å². The van der Waals surface area contributed by atoms with E-state index in [0.717, 1.165) is 0 Å². The van der Waals surface area contributed by atoms with Crippen molar-refractivity contribution >= 4 is 15.9 Å². The molecule has 0 spiro atoms. The van der Waals surface area contributed by atoms with Gasteiger partial charge in [0.1, 0.15) is 5.82 Å². The zero-order valence-electron chi connectivity index (χ0n) is 9.04. The van der Waals surface area contributed by atoms with E-state index < -0.39 is 23.0 Å². The molecule has 16 heavy (non-hydrogen) atoms. The first-order chi connectivity index (χ1) is 7.03. The van der Waals surface area contributed by atoms with Gasteiger partial charge in [-0.1, -0.05) is 36.7 Å². The van der Waals surface area contributed by atoms with Gasteiger partial charge in [-0.3, -0.25) is 0 Å². The topological polar surface area (TPSA) is 0 Å². The van der Waals surface area contributed by atoms with E-state index in [-0.39, 0.29) is 10.0 Å². The molecule has 0 aliphatic heterocycles. The van der Waals surface area contributed by atoms with Crippen LogP contribution in [0.4, 0.5) is 17.6 Å². The summed E-state index contributed by atoms with van der Waals surface area (Å²) in [4.78, 5) is 0. The van der Waals surface area contributed by atoms with Crippen LogP contribution in [-0.4, -0.2) is 0 Å². The fraction of sp³-hybridized carbons (Fsp3) is 0.455. The third-order valence-electron chi connectivity index (χ3n) is 2.17. The van der Waals surface area contributed by atoms with Crippen LogP contribution < -0.4 is 0 Å². The van der Waals surface area contributed by atoms with Gasteiger partial charge in [-0.25, -0.2) is 4.39 Å². The Balaban J connectivity index is 3.40. The number of hydrogen-bond acceptors (Lipinski definition) is 0. The molecule has 1 aromatic rings. The Hall–Kier alpha value is -0.580. The molecule has 0 bridgehead atoms. The molecule has 0 saturated heterocycles. The molecule has 5 heteroatoms. The molecular formula is C11H11BrF4. The van der Waals surface area contributed by atoms with Crippen molar-refractivity contribution < 1.29 is 17.6 Å². The number of alkyl halides is 3. The van der Waals surface area contributed by atoms with E-state index in [2.05, 4.69) is 15.9 Å². The van der Waals surface area contributed by atoms with E-state index in [9.17, 15) is 17.6 Å². The Kier molecular flexibility index (Phi) is 3.39. The summed E-state index contributed by atoms with van der Waals surface area (Å²) in [6, 6.07) is 1.73. The average Bonchev–Trinajstić information content (AvgIpc) is 2.04. The second-order valence-corrected chi connectivity index (χ2v) is 5.41. The highest BCUT2D eigenvalue weighted by Gasteiger charge is 2.35. The van der Waals surface area contributed by atoms with Crippen LogP contribution in [-0.2, 0) is 11.6 Å². The average molecular weight is 299 g/mol. The standard InChI is InChI=1S/C11H11BrF4/c1-10(2,3)7-4-8(12)6(5-9(7)13)11(14,15)16/h4-5H,1-3H3. The van der Waals surface area contributed by atoms with Crippen molar-refractivity contribution in [3.05, 3.63) is 33.5 Å². The Morgan fingerprint density at radius 3 is 1.88 bits per heavy atom. The smallest absolute Gasteiger partial charge is 0.207 e. The van der Waals surface area contributed by atoms with E-state index in [1.54, 1.807) is 20.8 Å². The highest BCUT2D eigenvalue weighted by atomic mass is 79.9. The van der Waals surface area contributed by atoms with Gasteiger partial charge in [-0.15, -0.1) is 0 Å². The molecule has 0 amide bonds. The molecule has 0 fully saturated rings. The molecule has 0 unspecified atom stereocenters. The molecule has 90 valence electrons. The number of hydrogen-bond donors (Lipinski definition) is 0. The Morgan fingerprint density at radius 1 is 1.00 bits per heavy atom. The predicted molar refractivity (Wildman–Crippen MR) is 57.8 cm³/mol. The van der Waals surface area contributed by atoms with Crippen molar-refractivity contribution in [3.8, 4) is 0 Å². The molecule has 0 N–H and O–H groups in total. The van der Waals surface area contributed by atoms with Gasteiger partial charge >= 0.3 is 6.18 Å². The lowest BCUT2D eigenvalue weighted by Gasteiger charge is -2.21. The van der Waals surface area contributed by atoms with E-state index in [1.807, 2.05) is 0 Å². The first-order valence-electron chi connectivity index (χ1n) is 4.60. The fourth-order valence-electron chi connectivity index (χ4n) is 1.34. The minimum Gasteiger partial charge on any atom is -0.207 e. The largest absolute Gasteiger partial charge is 0.417 e. The molecule has 0 nitrogen and oxygen atoms in total. The molecule has 0 heterocycles. The van der Waals surface area contributed by atoms with Crippen LogP contribution >= 0.6 is 15.9 Å². The monoisotopic (exact) mass is 298 g/mol. The SMILES string of the molecule is CC(C)(C)c1cc(Br)c(C(F)(F)F)cc1F. The quantitative estimate of drug-likeness (QED) is 0.597. The lowest BCUT2D eigenvalue weighted by Crippen LogP contribution is -2.16. The summed E-state index contributed by atoms with van der Waals surface area (Å²) in [6.07, 6.45) is -4.55. The summed E-state index contributed by atoms with van der Waals surface area (Å²) in [5.74, 6) is -0.831. The Morgan fingerprint density at radius 2 is 1.50 bits per heavy atom. The third-order valence-corrected chi connectivity index (χ3v) is 2.83. The van der Waals surface area contributed by atoms with Gasteiger partial charge in [0.05, 0.1) is 5.56 Å². The van der Waals surface area contributed by atoms with Crippen LogP contribution in [0.3, 0.4) is 0 Å². The molecule has 0 aliphatic rings. The molecule has 0 atom stereocenters. The van der Waals surface area contributed by atoms with E-state index in [0.29, 0.717) is 6.07 Å². The van der Waals surface area contributed by atoms with Crippen molar-refractivity contribution in [2.24, 2.45) is 0 Å². The molecule has 0 aliphatic carbocycles. The van der Waals surface area contributed by atoms with E-state index in [4.69, 9.17) is 0 Å². The third kappa shape index (κ3) is 2.75. The summed E-state index contributed by atoms with van der Waals surface area (Å²) in [5, 5.41) is 0. The second-order valence-electron chi connectivity index (χ2n) is 4.56. The van der Waals surface area contributed by atoms with Crippen molar-refractivity contribution in [2.75, 3.05) is 0 Å². The van der Waals surface area contributed by atoms with Crippen LogP contribution in [0.5, 0.6) is 0 Å². The molecule has 0 aromatic heterocycles. The predicted octanol–water partition coefficient (Wildman–Crippen LogP) is 4.90. The zero-order chi connectivity index (χ0) is 12.7. The highest BCUT2D eigenvalue weighted by Crippen LogP contribution is 2.38. The highest BCUT2D eigenvalue weighted by molar-refractivity contribution is 9.10. The molecule has 0 radical (unpaired) electrons. The molecular weight excluding hydrogens is 288 g/mol. The van der Waals surface area contributed by atoms with Gasteiger partial charge in [-0.05, 0) is 23.1 Å². The van der Waals surface area contributed by atoms with Gasteiger partial charge in [0.25, 0.3) is 0 Å². The number of rotatable bonds is 0. The van der Waals surface area contributed by atoms with Gasteiger partial charge in [-0.2, -0.15) is 13.2 Å². The van der Waals surface area contributed by atoms with Crippen molar-refractivity contribution in [2.45, 2.75) is 32.4 Å². The summed E-state index contributed by atoms with van der Waals surface area (Å²) in [7, 11) is 0. The maximum absolute atomic E-state index is 13.5. The van der Waals surface area contributed by atoms with Crippen molar-refractivity contribution in [1.29, 1.82) is 0 Å².